The molecule has 0 aliphatic heterocycles. The van der Waals surface area contributed by atoms with Gasteiger partial charge in [0.1, 0.15) is 0 Å². The molecule has 0 radical (unpaired) electrons. The fourth-order valence-corrected chi connectivity index (χ4v) is 1.96. The van der Waals surface area contributed by atoms with E-state index in [1.165, 1.54) is 0 Å². The Hall–Kier alpha value is 1.12. The van der Waals surface area contributed by atoms with Crippen LogP contribution in [0.2, 0.25) is 0 Å². The van der Waals surface area contributed by atoms with Crippen molar-refractivity contribution in [2.24, 2.45) is 0 Å². The zero-order chi connectivity index (χ0) is 8.77. The Morgan fingerprint density at radius 1 is 1.38 bits per heavy atom. The first-order valence-corrected chi connectivity index (χ1v) is 4.54. The largest absolute Gasteiger partial charge is 1.00 e. The predicted molar refractivity (Wildman–Crippen MR) is 42.8 cm³/mol. The van der Waals surface area contributed by atoms with Gasteiger partial charge in [-0.15, -0.1) is 0 Å². The van der Waals surface area contributed by atoms with Crippen LogP contribution in [0.5, 0.6) is 0 Å². The van der Waals surface area contributed by atoms with Gasteiger partial charge in [0.15, 0.2) is 0 Å². The molecule has 13 heavy (non-hydrogen) atoms. The molecule has 1 aliphatic rings. The minimum atomic E-state index is -4.83. The summed E-state index contributed by atoms with van der Waals surface area (Å²) >= 11 is 0.802. The minimum Gasteiger partial charge on any atom is -0.444 e. The Kier molecular flexibility index (Phi) is 4.05. The number of hydrogen-bond acceptors (Lipinski definition) is 2. The van der Waals surface area contributed by atoms with Crippen LogP contribution in [0.3, 0.4) is 0 Å². The van der Waals surface area contributed by atoms with Crippen molar-refractivity contribution >= 4 is 23.1 Å². The molecule has 0 bridgehead atoms. The van der Waals surface area contributed by atoms with E-state index in [1.54, 1.807) is 0 Å². The van der Waals surface area contributed by atoms with Crippen molar-refractivity contribution in [3.63, 3.8) is 0 Å². The second-order valence-electron chi connectivity index (χ2n) is 2.95. The molecule has 2 rings (SSSR count). The topological polar surface area (TPSA) is 12.9 Å². The maximum atomic E-state index is 12.1. The van der Waals surface area contributed by atoms with Crippen LogP contribution in [-0.2, 0) is 0 Å². The molecule has 0 aromatic carbocycles. The van der Waals surface area contributed by atoms with Gasteiger partial charge in [-0.05, 0) is 17.6 Å². The predicted octanol–water partition coefficient (Wildman–Crippen LogP) is -0.921. The van der Waals surface area contributed by atoms with E-state index in [0.29, 0.717) is 10.9 Å². The van der Waals surface area contributed by atoms with Gasteiger partial charge in [0.05, 0.1) is 5.01 Å². The third-order valence-corrected chi connectivity index (χ3v) is 3.05. The van der Waals surface area contributed by atoms with Crippen LogP contribution in [0.25, 0.3) is 0 Å². The first kappa shape index (κ1) is 12.2. The summed E-state index contributed by atoms with van der Waals surface area (Å²) in [6.45, 7) is -4.83. The summed E-state index contributed by atoms with van der Waals surface area (Å²) in [5, 5.41) is 0.657. The van der Waals surface area contributed by atoms with Gasteiger partial charge in [-0.3, -0.25) is 4.98 Å². The maximum absolute atomic E-state index is 12.1. The minimum absolute atomic E-state index is 0. The third-order valence-electron chi connectivity index (χ3n) is 1.79. The van der Waals surface area contributed by atoms with Crippen LogP contribution in [0.1, 0.15) is 23.8 Å². The van der Waals surface area contributed by atoms with Crippen LogP contribution >= 0.6 is 11.3 Å². The van der Waals surface area contributed by atoms with Crippen molar-refractivity contribution < 1.29 is 64.3 Å². The van der Waals surface area contributed by atoms with E-state index in [2.05, 4.69) is 4.98 Å². The normalized spacial score (nSPS) is 16.8. The SMILES string of the molecule is F[B-](F)(F)c1cnc(C2CC2)s1.[K+]. The molecule has 0 amide bonds. The van der Waals surface area contributed by atoms with E-state index in [9.17, 15) is 12.9 Å². The third kappa shape index (κ3) is 3.04. The molecule has 1 nitrogen and oxygen atoms in total. The molecular weight excluding hydrogens is 225 g/mol. The summed E-state index contributed by atoms with van der Waals surface area (Å²) in [6.07, 6.45) is 2.95. The molecule has 1 aliphatic carbocycles. The van der Waals surface area contributed by atoms with Crippen LogP contribution in [-0.4, -0.2) is 12.0 Å². The Morgan fingerprint density at radius 2 is 2.00 bits per heavy atom. The van der Waals surface area contributed by atoms with Crippen LogP contribution in [0.15, 0.2) is 6.20 Å². The first-order valence-electron chi connectivity index (χ1n) is 3.73. The standard InChI is InChI=1S/C6H6BF3NS.K/c8-7(9,10)5-3-11-6(12-5)4-1-2-4;/h3-4H,1-2H2;/q-1;+1. The van der Waals surface area contributed by atoms with Crippen molar-refractivity contribution in [2.45, 2.75) is 18.8 Å². The molecule has 1 saturated carbocycles. The molecule has 0 spiro atoms. The number of halogens is 3. The molecule has 1 aromatic rings. The average molecular weight is 231 g/mol. The van der Waals surface area contributed by atoms with Gasteiger partial charge in [-0.1, -0.05) is 0 Å². The fraction of sp³-hybridized carbons (Fsp3) is 0.500. The number of nitrogens with zero attached hydrogens (tertiary/aromatic N) is 1. The number of hydrogen-bond donors (Lipinski definition) is 0. The maximum Gasteiger partial charge on any atom is 1.00 e. The smallest absolute Gasteiger partial charge is 0.444 e. The zero-order valence-corrected chi connectivity index (χ0v) is 11.1. The molecule has 0 N–H and O–H groups in total. The molecule has 0 atom stereocenters. The Labute approximate surface area is 121 Å². The molecule has 0 saturated heterocycles. The van der Waals surface area contributed by atoms with Crippen LogP contribution in [0.4, 0.5) is 12.9 Å². The molecule has 1 aromatic heterocycles. The van der Waals surface area contributed by atoms with Gasteiger partial charge in [-0.25, -0.2) is 0 Å². The van der Waals surface area contributed by atoms with E-state index in [1.807, 2.05) is 0 Å². The van der Waals surface area contributed by atoms with Gasteiger partial charge in [0.25, 0.3) is 0 Å². The quantitative estimate of drug-likeness (QED) is 0.600. The van der Waals surface area contributed by atoms with Crippen LogP contribution < -0.4 is 56.2 Å². The van der Waals surface area contributed by atoms with Gasteiger partial charge in [0.2, 0.25) is 0 Å². The van der Waals surface area contributed by atoms with E-state index in [4.69, 9.17) is 0 Å². The summed E-state index contributed by atoms with van der Waals surface area (Å²) in [4.78, 5) is 3.76. The molecule has 0 unspecified atom stereocenters. The molecule has 66 valence electrons. The van der Waals surface area contributed by atoms with E-state index < -0.39 is 11.8 Å². The second-order valence-corrected chi connectivity index (χ2v) is 4.04. The van der Waals surface area contributed by atoms with E-state index in [-0.39, 0.29) is 51.4 Å². The first-order chi connectivity index (χ1) is 5.57. The molecule has 7 heteroatoms. The number of rotatable bonds is 2. The summed E-state index contributed by atoms with van der Waals surface area (Å²) in [7, 11) is 0. The summed E-state index contributed by atoms with van der Waals surface area (Å²) in [5.74, 6) is 0.321. The van der Waals surface area contributed by atoms with Gasteiger partial charge >= 0.3 is 58.4 Å². The van der Waals surface area contributed by atoms with Gasteiger partial charge in [0, 0.05) is 12.1 Å². The molecule has 1 fully saturated rings. The van der Waals surface area contributed by atoms with Crippen molar-refractivity contribution in [2.75, 3.05) is 0 Å². The average Bonchev–Trinajstić information content (AvgIpc) is 2.66. The van der Waals surface area contributed by atoms with Crippen molar-refractivity contribution in [3.05, 3.63) is 11.2 Å². The fourth-order valence-electron chi connectivity index (χ4n) is 0.971. The van der Waals surface area contributed by atoms with Gasteiger partial charge in [-0.2, -0.15) is 11.3 Å². The summed E-state index contributed by atoms with van der Waals surface area (Å²) < 4.78 is 35.8. The number of thiazole rings is 1. The second kappa shape index (κ2) is 4.32. The van der Waals surface area contributed by atoms with E-state index in [0.717, 1.165) is 30.4 Å². The molecule has 1 heterocycles. The number of aromatic nitrogens is 1. The van der Waals surface area contributed by atoms with Crippen molar-refractivity contribution in [3.8, 4) is 0 Å². The summed E-state index contributed by atoms with van der Waals surface area (Å²) in [6, 6.07) is 0. The van der Waals surface area contributed by atoms with Gasteiger partial charge < -0.3 is 12.9 Å². The molecular formula is C6H6BF3KNS. The Bertz CT molecular complexity index is 296. The Morgan fingerprint density at radius 3 is 2.38 bits per heavy atom. The monoisotopic (exact) mass is 231 g/mol. The summed E-state index contributed by atoms with van der Waals surface area (Å²) in [5.41, 5.74) is 0. The van der Waals surface area contributed by atoms with Crippen molar-refractivity contribution in [1.29, 1.82) is 0 Å². The Balaban J connectivity index is 0.000000845. The zero-order valence-electron chi connectivity index (χ0n) is 7.14. The van der Waals surface area contributed by atoms with Crippen LogP contribution in [0, 0.1) is 0 Å². The van der Waals surface area contributed by atoms with Crippen molar-refractivity contribution in [1.82, 2.24) is 4.98 Å². The van der Waals surface area contributed by atoms with E-state index >= 15 is 0 Å².